The predicted molar refractivity (Wildman–Crippen MR) is 74.1 cm³/mol. The van der Waals surface area contributed by atoms with Crippen molar-refractivity contribution in [1.29, 1.82) is 0 Å². The third-order valence-corrected chi connectivity index (χ3v) is 3.81. The SMILES string of the molecule is CC(NCC1CCCOC1)c1cccc(Br)c1. The highest BCUT2D eigenvalue weighted by molar-refractivity contribution is 9.10. The minimum Gasteiger partial charge on any atom is -0.381 e. The van der Waals surface area contributed by atoms with Gasteiger partial charge in [0.05, 0.1) is 6.61 Å². The molecule has 0 bridgehead atoms. The number of halogens is 1. The zero-order chi connectivity index (χ0) is 12.1. The summed E-state index contributed by atoms with van der Waals surface area (Å²) in [5.74, 6) is 0.679. The largest absolute Gasteiger partial charge is 0.381 e. The van der Waals surface area contributed by atoms with Crippen molar-refractivity contribution in [2.24, 2.45) is 5.92 Å². The van der Waals surface area contributed by atoms with Gasteiger partial charge in [0, 0.05) is 23.7 Å². The minimum absolute atomic E-state index is 0.398. The number of hydrogen-bond acceptors (Lipinski definition) is 2. The Morgan fingerprint density at radius 1 is 1.53 bits per heavy atom. The first-order valence-corrected chi connectivity index (χ1v) is 7.11. The lowest BCUT2D eigenvalue weighted by molar-refractivity contribution is 0.0540. The molecule has 1 saturated heterocycles. The Kier molecular flexibility index (Phi) is 5.01. The van der Waals surface area contributed by atoms with Gasteiger partial charge < -0.3 is 10.1 Å². The van der Waals surface area contributed by atoms with Crippen molar-refractivity contribution in [3.05, 3.63) is 34.3 Å². The molecule has 0 amide bonds. The molecule has 0 aliphatic carbocycles. The monoisotopic (exact) mass is 297 g/mol. The molecule has 1 fully saturated rings. The van der Waals surface area contributed by atoms with Gasteiger partial charge in [-0.25, -0.2) is 0 Å². The Bertz CT molecular complexity index is 350. The van der Waals surface area contributed by atoms with Crippen molar-refractivity contribution < 1.29 is 4.74 Å². The van der Waals surface area contributed by atoms with E-state index in [1.807, 2.05) is 0 Å². The van der Waals surface area contributed by atoms with Gasteiger partial charge in [0.15, 0.2) is 0 Å². The van der Waals surface area contributed by atoms with E-state index in [4.69, 9.17) is 4.74 Å². The van der Waals surface area contributed by atoms with Crippen LogP contribution in [0.1, 0.15) is 31.4 Å². The van der Waals surface area contributed by atoms with Gasteiger partial charge in [0.1, 0.15) is 0 Å². The van der Waals surface area contributed by atoms with Gasteiger partial charge in [-0.2, -0.15) is 0 Å². The van der Waals surface area contributed by atoms with E-state index in [-0.39, 0.29) is 0 Å². The number of rotatable bonds is 4. The van der Waals surface area contributed by atoms with Gasteiger partial charge in [0.25, 0.3) is 0 Å². The van der Waals surface area contributed by atoms with Crippen molar-refractivity contribution in [3.8, 4) is 0 Å². The summed E-state index contributed by atoms with van der Waals surface area (Å²) < 4.78 is 6.63. The van der Waals surface area contributed by atoms with E-state index in [1.165, 1.54) is 18.4 Å². The highest BCUT2D eigenvalue weighted by Gasteiger charge is 2.15. The maximum absolute atomic E-state index is 5.49. The van der Waals surface area contributed by atoms with Crippen molar-refractivity contribution in [2.45, 2.75) is 25.8 Å². The van der Waals surface area contributed by atoms with E-state index in [9.17, 15) is 0 Å². The summed E-state index contributed by atoms with van der Waals surface area (Å²) in [6.07, 6.45) is 2.50. The lowest BCUT2D eigenvalue weighted by atomic mass is 10.0. The molecule has 1 aliphatic rings. The molecule has 1 aromatic carbocycles. The van der Waals surface area contributed by atoms with Crippen molar-refractivity contribution in [3.63, 3.8) is 0 Å². The van der Waals surface area contributed by atoms with E-state index < -0.39 is 0 Å². The van der Waals surface area contributed by atoms with Gasteiger partial charge in [-0.3, -0.25) is 0 Å². The maximum atomic E-state index is 5.49. The van der Waals surface area contributed by atoms with Crippen LogP contribution >= 0.6 is 15.9 Å². The number of benzene rings is 1. The number of nitrogens with one attached hydrogen (secondary N) is 1. The lowest BCUT2D eigenvalue weighted by Gasteiger charge is -2.24. The Hall–Kier alpha value is -0.380. The van der Waals surface area contributed by atoms with Crippen LogP contribution in [-0.4, -0.2) is 19.8 Å². The summed E-state index contributed by atoms with van der Waals surface area (Å²) in [7, 11) is 0. The summed E-state index contributed by atoms with van der Waals surface area (Å²) in [5, 5.41) is 3.60. The molecule has 2 nitrogen and oxygen atoms in total. The summed E-state index contributed by atoms with van der Waals surface area (Å²) >= 11 is 3.51. The molecule has 1 aromatic rings. The first kappa shape index (κ1) is 13.1. The normalized spacial score (nSPS) is 22.4. The van der Waals surface area contributed by atoms with Crippen LogP contribution in [-0.2, 0) is 4.74 Å². The molecule has 0 radical (unpaired) electrons. The average molecular weight is 298 g/mol. The highest BCUT2D eigenvalue weighted by Crippen LogP contribution is 2.19. The van der Waals surface area contributed by atoms with Crippen LogP contribution in [0.5, 0.6) is 0 Å². The fraction of sp³-hybridized carbons (Fsp3) is 0.571. The molecule has 2 rings (SSSR count). The van der Waals surface area contributed by atoms with Crippen LogP contribution in [0.25, 0.3) is 0 Å². The smallest absolute Gasteiger partial charge is 0.0506 e. The van der Waals surface area contributed by atoms with Crippen LogP contribution in [0.2, 0.25) is 0 Å². The molecular formula is C14H20BrNO. The molecule has 0 saturated carbocycles. The summed E-state index contributed by atoms with van der Waals surface area (Å²) in [6.45, 7) is 5.12. The quantitative estimate of drug-likeness (QED) is 0.918. The second-order valence-corrected chi connectivity index (χ2v) is 5.68. The average Bonchev–Trinajstić information content (AvgIpc) is 2.37. The Balaban J connectivity index is 1.82. The molecule has 94 valence electrons. The van der Waals surface area contributed by atoms with Gasteiger partial charge in [-0.1, -0.05) is 28.1 Å². The predicted octanol–water partition coefficient (Wildman–Crippen LogP) is 3.53. The van der Waals surface area contributed by atoms with Gasteiger partial charge in [-0.15, -0.1) is 0 Å². The first-order valence-electron chi connectivity index (χ1n) is 6.32. The molecule has 2 unspecified atom stereocenters. The number of hydrogen-bond donors (Lipinski definition) is 1. The Morgan fingerprint density at radius 2 is 2.41 bits per heavy atom. The zero-order valence-electron chi connectivity index (χ0n) is 10.3. The molecular weight excluding hydrogens is 278 g/mol. The van der Waals surface area contributed by atoms with E-state index in [0.29, 0.717) is 12.0 Å². The van der Waals surface area contributed by atoms with Crippen LogP contribution < -0.4 is 5.32 Å². The van der Waals surface area contributed by atoms with Crippen LogP contribution in [0.3, 0.4) is 0 Å². The van der Waals surface area contributed by atoms with Crippen LogP contribution in [0.4, 0.5) is 0 Å². The standard InChI is InChI=1S/C14H20BrNO/c1-11(13-5-2-6-14(15)8-13)16-9-12-4-3-7-17-10-12/h2,5-6,8,11-12,16H,3-4,7,9-10H2,1H3. The molecule has 17 heavy (non-hydrogen) atoms. The highest BCUT2D eigenvalue weighted by atomic mass is 79.9. The van der Waals surface area contributed by atoms with Crippen LogP contribution in [0, 0.1) is 5.92 Å². The van der Waals surface area contributed by atoms with E-state index in [1.54, 1.807) is 0 Å². The fourth-order valence-electron chi connectivity index (χ4n) is 2.21. The zero-order valence-corrected chi connectivity index (χ0v) is 11.9. The van der Waals surface area contributed by atoms with E-state index in [0.717, 1.165) is 24.2 Å². The third-order valence-electron chi connectivity index (χ3n) is 3.32. The topological polar surface area (TPSA) is 21.3 Å². The van der Waals surface area contributed by atoms with Crippen LogP contribution in [0.15, 0.2) is 28.7 Å². The molecule has 3 heteroatoms. The minimum atomic E-state index is 0.398. The van der Waals surface area contributed by atoms with Crippen molar-refractivity contribution in [2.75, 3.05) is 19.8 Å². The summed E-state index contributed by atoms with van der Waals surface area (Å²) in [6, 6.07) is 8.89. The van der Waals surface area contributed by atoms with Gasteiger partial charge in [-0.05, 0) is 43.4 Å². The van der Waals surface area contributed by atoms with Gasteiger partial charge in [0.2, 0.25) is 0 Å². The molecule has 1 heterocycles. The molecule has 1 N–H and O–H groups in total. The molecule has 1 aliphatic heterocycles. The number of ether oxygens (including phenoxy) is 1. The van der Waals surface area contributed by atoms with E-state index in [2.05, 4.69) is 52.4 Å². The fourth-order valence-corrected chi connectivity index (χ4v) is 2.62. The molecule has 0 spiro atoms. The molecule has 2 atom stereocenters. The van der Waals surface area contributed by atoms with Crippen molar-refractivity contribution >= 4 is 15.9 Å². The van der Waals surface area contributed by atoms with E-state index >= 15 is 0 Å². The second kappa shape index (κ2) is 6.53. The van der Waals surface area contributed by atoms with Crippen molar-refractivity contribution in [1.82, 2.24) is 5.32 Å². The van der Waals surface area contributed by atoms with Gasteiger partial charge >= 0.3 is 0 Å². The Morgan fingerprint density at radius 3 is 3.12 bits per heavy atom. The summed E-state index contributed by atoms with van der Waals surface area (Å²) in [4.78, 5) is 0. The summed E-state index contributed by atoms with van der Waals surface area (Å²) in [5.41, 5.74) is 1.33. The lowest BCUT2D eigenvalue weighted by Crippen LogP contribution is -2.30. The Labute approximate surface area is 112 Å². The third kappa shape index (κ3) is 4.09. The molecule has 0 aromatic heterocycles. The second-order valence-electron chi connectivity index (χ2n) is 4.77. The maximum Gasteiger partial charge on any atom is 0.0506 e. The first-order chi connectivity index (χ1) is 8.25.